The highest BCUT2D eigenvalue weighted by Gasteiger charge is 2.72. The van der Waals surface area contributed by atoms with Gasteiger partial charge in [0.05, 0.1) is 18.1 Å². The van der Waals surface area contributed by atoms with Gasteiger partial charge in [-0.3, -0.25) is 19.2 Å². The van der Waals surface area contributed by atoms with E-state index in [1.54, 1.807) is 33.2 Å². The lowest BCUT2D eigenvalue weighted by Crippen LogP contribution is -2.66. The number of Topliss-reactive ketones (excluding diaryl/α,β-unsaturated/α-hetero) is 1. The van der Waals surface area contributed by atoms with Crippen LogP contribution in [-0.2, 0) is 23.9 Å². The number of nitrogens with zero attached hydrogens (tertiary/aromatic N) is 2. The van der Waals surface area contributed by atoms with Crippen molar-refractivity contribution in [1.82, 2.24) is 4.90 Å². The third-order valence-corrected chi connectivity index (χ3v) is 13.0. The molecule has 0 saturated heterocycles. The Morgan fingerprint density at radius 1 is 1.00 bits per heavy atom. The number of rotatable bonds is 2. The van der Waals surface area contributed by atoms with E-state index < -0.39 is 32.9 Å². The normalized spacial score (nSPS) is 44.5. The first-order chi connectivity index (χ1) is 18.9. The average molecular weight is 563 g/mol. The number of ketones is 2. The molecule has 0 spiro atoms. The molecule has 5 rings (SSSR count). The van der Waals surface area contributed by atoms with E-state index in [-0.39, 0.29) is 46.4 Å². The molecular weight excluding hydrogens is 516 g/mol. The van der Waals surface area contributed by atoms with Crippen molar-refractivity contribution in [2.75, 3.05) is 21.2 Å². The van der Waals surface area contributed by atoms with E-state index in [2.05, 4.69) is 33.8 Å². The molecule has 0 aromatic carbocycles. The second-order valence-electron chi connectivity index (χ2n) is 15.6. The minimum atomic E-state index is -1.40. The summed E-state index contributed by atoms with van der Waals surface area (Å²) in [6, 6.07) is 2.09. The fourth-order valence-electron chi connectivity index (χ4n) is 10.6. The first-order valence-corrected chi connectivity index (χ1v) is 15.1. The van der Waals surface area contributed by atoms with Crippen LogP contribution >= 0.6 is 0 Å². The van der Waals surface area contributed by atoms with Crippen LogP contribution in [0.3, 0.4) is 0 Å². The number of hydrogen-bond acceptors (Lipinski definition) is 6. The second kappa shape index (κ2) is 8.88. The summed E-state index contributed by atoms with van der Waals surface area (Å²) in [7, 11) is 4.75. The van der Waals surface area contributed by atoms with Gasteiger partial charge in [0.25, 0.3) is 0 Å². The lowest BCUT2D eigenvalue weighted by molar-refractivity contribution is -0.191. The molecule has 8 atom stereocenters. The SMILES string of the molecule is COC(=O)[C@]12CCC(C)(C)C[C@H]1[C@H]1C(=O)C=C3[C@@]4(C)C=C(C#N)C(=O)[C@@](C)(C(=O)N(C)C)[C@@H]4CC[C@@]3(C)[C@]1(C)CC2. The Kier molecular flexibility index (Phi) is 6.44. The predicted octanol–water partition coefficient (Wildman–Crippen LogP) is 5.45. The molecular formula is C34H46N2O5. The highest BCUT2D eigenvalue weighted by atomic mass is 16.5. The first-order valence-electron chi connectivity index (χ1n) is 15.1. The van der Waals surface area contributed by atoms with E-state index in [1.165, 1.54) is 12.0 Å². The predicted molar refractivity (Wildman–Crippen MR) is 154 cm³/mol. The fourth-order valence-corrected chi connectivity index (χ4v) is 10.6. The summed E-state index contributed by atoms with van der Waals surface area (Å²) < 4.78 is 5.41. The van der Waals surface area contributed by atoms with E-state index in [0.717, 1.165) is 31.3 Å². The van der Waals surface area contributed by atoms with E-state index in [0.29, 0.717) is 19.3 Å². The Hall–Kier alpha value is -2.75. The molecule has 0 aromatic heterocycles. The number of esters is 1. The second-order valence-corrected chi connectivity index (χ2v) is 15.6. The van der Waals surface area contributed by atoms with E-state index in [1.807, 2.05) is 6.92 Å². The Balaban J connectivity index is 1.71. The molecule has 5 aliphatic rings. The Labute approximate surface area is 244 Å². The van der Waals surface area contributed by atoms with Gasteiger partial charge in [-0.25, -0.2) is 0 Å². The summed E-state index contributed by atoms with van der Waals surface area (Å²) in [4.78, 5) is 56.8. The number of hydrogen-bond donors (Lipinski definition) is 0. The van der Waals surface area contributed by atoms with Crippen molar-refractivity contribution in [3.63, 3.8) is 0 Å². The monoisotopic (exact) mass is 562 g/mol. The molecule has 5 aliphatic carbocycles. The molecule has 7 nitrogen and oxygen atoms in total. The molecule has 0 aliphatic heterocycles. The van der Waals surface area contributed by atoms with Crippen molar-refractivity contribution in [3.8, 4) is 6.07 Å². The summed E-state index contributed by atoms with van der Waals surface area (Å²) in [5.41, 5.74) is -2.79. The van der Waals surface area contributed by atoms with Gasteiger partial charge in [-0.15, -0.1) is 0 Å². The number of fused-ring (bicyclic) bond motifs is 7. The minimum absolute atomic E-state index is 0.00583. The number of carbonyl (C=O) groups is 4. The van der Waals surface area contributed by atoms with Crippen LogP contribution < -0.4 is 0 Å². The highest BCUT2D eigenvalue weighted by Crippen LogP contribution is 2.74. The fraction of sp³-hybridized carbons (Fsp3) is 0.735. The zero-order chi connectivity index (χ0) is 30.6. The first kappa shape index (κ1) is 29.7. The lowest BCUT2D eigenvalue weighted by atomic mass is 9.34. The molecule has 1 amide bonds. The lowest BCUT2D eigenvalue weighted by Gasteiger charge is -2.68. The maximum absolute atomic E-state index is 14.5. The maximum Gasteiger partial charge on any atom is 0.312 e. The van der Waals surface area contributed by atoms with Gasteiger partial charge in [-0.1, -0.05) is 46.3 Å². The smallest absolute Gasteiger partial charge is 0.312 e. The quantitative estimate of drug-likeness (QED) is 0.328. The van der Waals surface area contributed by atoms with Crippen LogP contribution in [0.4, 0.5) is 0 Å². The Morgan fingerprint density at radius 3 is 2.22 bits per heavy atom. The third-order valence-electron chi connectivity index (χ3n) is 13.0. The third kappa shape index (κ3) is 3.55. The van der Waals surface area contributed by atoms with Crippen molar-refractivity contribution in [2.45, 2.75) is 86.5 Å². The van der Waals surface area contributed by atoms with E-state index in [9.17, 15) is 24.4 Å². The summed E-state index contributed by atoms with van der Waals surface area (Å²) in [6.45, 7) is 12.7. The van der Waals surface area contributed by atoms with E-state index in [4.69, 9.17) is 4.74 Å². The van der Waals surface area contributed by atoms with Crippen LogP contribution in [0.25, 0.3) is 0 Å². The number of nitriles is 1. The zero-order valence-electron chi connectivity index (χ0n) is 26.3. The van der Waals surface area contributed by atoms with Crippen molar-refractivity contribution >= 4 is 23.4 Å². The van der Waals surface area contributed by atoms with E-state index >= 15 is 0 Å². The summed E-state index contributed by atoms with van der Waals surface area (Å²) in [5, 5.41) is 10.1. The molecule has 222 valence electrons. The summed E-state index contributed by atoms with van der Waals surface area (Å²) in [5.74, 6) is -1.72. The molecule has 7 heteroatoms. The molecule has 0 N–H and O–H groups in total. The molecule has 41 heavy (non-hydrogen) atoms. The van der Waals surface area contributed by atoms with Crippen LogP contribution in [0, 0.1) is 61.6 Å². The minimum Gasteiger partial charge on any atom is -0.469 e. The van der Waals surface area contributed by atoms with Crippen LogP contribution in [0.15, 0.2) is 23.3 Å². The van der Waals surface area contributed by atoms with Gasteiger partial charge in [-0.2, -0.15) is 5.26 Å². The van der Waals surface area contributed by atoms with Crippen molar-refractivity contribution in [1.29, 1.82) is 5.26 Å². The van der Waals surface area contributed by atoms with Crippen molar-refractivity contribution < 1.29 is 23.9 Å². The topological polar surface area (TPSA) is 105 Å². The number of ether oxygens (including phenoxy) is 1. The average Bonchev–Trinajstić information content (AvgIpc) is 2.90. The van der Waals surface area contributed by atoms with Crippen LogP contribution in [0.1, 0.15) is 86.5 Å². The number of allylic oxidation sites excluding steroid dienone is 4. The van der Waals surface area contributed by atoms with Crippen LogP contribution in [0.2, 0.25) is 0 Å². The largest absolute Gasteiger partial charge is 0.469 e. The van der Waals surface area contributed by atoms with Gasteiger partial charge < -0.3 is 9.64 Å². The van der Waals surface area contributed by atoms with Gasteiger partial charge in [-0.05, 0) is 86.0 Å². The number of carbonyl (C=O) groups excluding carboxylic acids is 4. The van der Waals surface area contributed by atoms with Gasteiger partial charge in [0.2, 0.25) is 5.91 Å². The summed E-state index contributed by atoms with van der Waals surface area (Å²) in [6.07, 6.45) is 8.73. The number of amides is 1. The highest BCUT2D eigenvalue weighted by molar-refractivity contribution is 6.16. The summed E-state index contributed by atoms with van der Waals surface area (Å²) >= 11 is 0. The van der Waals surface area contributed by atoms with Gasteiger partial charge in [0, 0.05) is 25.4 Å². The zero-order valence-corrected chi connectivity index (χ0v) is 26.3. The van der Waals surface area contributed by atoms with Gasteiger partial charge in [0.1, 0.15) is 11.5 Å². The van der Waals surface area contributed by atoms with Gasteiger partial charge >= 0.3 is 5.97 Å². The molecule has 0 heterocycles. The molecule has 3 saturated carbocycles. The Morgan fingerprint density at radius 2 is 1.63 bits per heavy atom. The molecule has 0 unspecified atom stereocenters. The van der Waals surface area contributed by atoms with Gasteiger partial charge in [0.15, 0.2) is 11.6 Å². The molecule has 0 aromatic rings. The van der Waals surface area contributed by atoms with Crippen LogP contribution in [0.5, 0.6) is 0 Å². The maximum atomic E-state index is 14.5. The molecule has 0 radical (unpaired) electrons. The van der Waals surface area contributed by atoms with Crippen LogP contribution in [-0.4, -0.2) is 49.5 Å². The van der Waals surface area contributed by atoms with Crippen molar-refractivity contribution in [2.24, 2.45) is 50.2 Å². The Bertz CT molecular complexity index is 1350. The molecule has 3 fully saturated rings. The number of methoxy groups -OCH3 is 1. The molecule has 0 bridgehead atoms. The standard InChI is InChI=1S/C34H46N2O5/c1-29(2)12-14-34(28(40)41-9)15-13-32(5)25(21(34)18-29)22(37)16-24-30(3)17-20(19-35)26(38)33(6,27(39)36(7)8)23(30)10-11-31(24,32)4/h16-17,21,23,25H,10-15,18H2,1-9H3/t21-,23+,25-,30-,31+,32+,33-,34-/m0/s1. The van der Waals surface area contributed by atoms with Crippen molar-refractivity contribution in [3.05, 3.63) is 23.3 Å².